The van der Waals surface area contributed by atoms with Crippen molar-refractivity contribution in [1.82, 2.24) is 0 Å². The molecule has 0 aliphatic rings. The van der Waals surface area contributed by atoms with Crippen molar-refractivity contribution in [2.24, 2.45) is 0 Å². The quantitative estimate of drug-likeness (QED) is 0.127. The van der Waals surface area contributed by atoms with Crippen LogP contribution in [0.5, 0.6) is 0 Å². The van der Waals surface area contributed by atoms with Gasteiger partial charge in [-0.3, -0.25) is 0 Å². The second-order valence-electron chi connectivity index (χ2n) is 7.81. The van der Waals surface area contributed by atoms with Crippen LogP contribution in [-0.4, -0.2) is 90.6 Å². The van der Waals surface area contributed by atoms with Crippen LogP contribution in [-0.2, 0) is 15.6 Å². The summed E-state index contributed by atoms with van der Waals surface area (Å²) < 4.78 is 2.31. The molecular formula is C22H49MnP4Si-. The second kappa shape index (κ2) is 26.7. The number of rotatable bonds is 9. The van der Waals surface area contributed by atoms with E-state index in [9.17, 15) is 0 Å². The van der Waals surface area contributed by atoms with Gasteiger partial charge in [0, 0.05) is 0 Å². The smallest absolute Gasteiger partial charge is 0.0891 e. The third-order valence-electron chi connectivity index (χ3n) is 4.28. The number of hydrogen-bond donors (Lipinski definition) is 0. The van der Waals surface area contributed by atoms with Gasteiger partial charge >= 0.3 is 26.7 Å². The minimum absolute atomic E-state index is 0.383. The van der Waals surface area contributed by atoms with Crippen molar-refractivity contribution >= 4 is 44.3 Å². The van der Waals surface area contributed by atoms with E-state index in [-0.39, 0.29) is 0 Å². The van der Waals surface area contributed by atoms with Crippen molar-refractivity contribution < 1.29 is 15.6 Å². The summed E-state index contributed by atoms with van der Waals surface area (Å²) in [5.41, 5.74) is 2.75. The van der Waals surface area contributed by atoms with E-state index < -0.39 is 8.07 Å². The molecule has 0 atom stereocenters. The summed E-state index contributed by atoms with van der Waals surface area (Å²) in [5.74, 6) is 0. The predicted octanol–water partition coefficient (Wildman–Crippen LogP) is 7.68. The zero-order valence-electron chi connectivity index (χ0n) is 20.8. The van der Waals surface area contributed by atoms with Gasteiger partial charge in [-0.2, -0.15) is 0 Å². The van der Waals surface area contributed by atoms with Crippen LogP contribution in [0.15, 0.2) is 6.58 Å². The molecule has 0 saturated heterocycles. The molecule has 0 radical (unpaired) electrons. The minimum Gasteiger partial charge on any atom is -0.701 e. The predicted molar refractivity (Wildman–Crippen MR) is 150 cm³/mol. The van der Waals surface area contributed by atoms with Gasteiger partial charge < -0.3 is 12.0 Å². The van der Waals surface area contributed by atoms with Gasteiger partial charge in [0.1, 0.15) is 0 Å². The van der Waals surface area contributed by atoms with Crippen molar-refractivity contribution in [3.63, 3.8) is 0 Å². The summed E-state index contributed by atoms with van der Waals surface area (Å²) in [5, 5.41) is 0. The average molecular weight is 521 g/mol. The third-order valence-corrected chi connectivity index (χ3v) is 14.1. The van der Waals surface area contributed by atoms with E-state index in [1.54, 1.807) is 0 Å². The van der Waals surface area contributed by atoms with E-state index in [0.717, 1.165) is 0 Å². The Morgan fingerprint density at radius 2 is 0.857 bits per heavy atom. The molecular weight excluding hydrogens is 471 g/mol. The molecule has 0 unspecified atom stereocenters. The molecule has 0 aromatic rings. The van der Waals surface area contributed by atoms with Crippen LogP contribution in [0, 0.1) is 12.0 Å². The Labute approximate surface area is 194 Å². The summed E-state index contributed by atoms with van der Waals surface area (Å²) in [7, 11) is 0.258. The van der Waals surface area contributed by atoms with Gasteiger partial charge in [-0.25, -0.2) is 0 Å². The molecule has 169 valence electrons. The second-order valence-corrected chi connectivity index (χ2v) is 23.6. The standard InChI is InChI=1S/C8H15Si.2C6H16P2.C2H2.Mn/c1-5-9(6-2,7-3)8-4;2*1-7(2)5-6-8(3)4;1-2;/h5-7H2,1-3H3;2*5-6H2,1-4H3;1H2;/q-1;;;;. The first kappa shape index (κ1) is 37.0. The van der Waals surface area contributed by atoms with Crippen molar-refractivity contribution in [1.29, 1.82) is 0 Å². The van der Waals surface area contributed by atoms with Crippen LogP contribution in [0.4, 0.5) is 0 Å². The monoisotopic (exact) mass is 520 g/mol. The maximum absolute atomic E-state index is 7.12. The molecule has 0 heterocycles. The zero-order chi connectivity index (χ0) is 23.2. The van der Waals surface area contributed by atoms with Crippen molar-refractivity contribution in [2.45, 2.75) is 38.9 Å². The first-order valence-electron chi connectivity index (χ1n) is 10.1. The molecule has 0 aliphatic carbocycles. The summed E-state index contributed by atoms with van der Waals surface area (Å²) >= 11 is 2.78. The van der Waals surface area contributed by atoms with Gasteiger partial charge in [0.15, 0.2) is 0 Å². The van der Waals surface area contributed by atoms with Crippen LogP contribution in [0.1, 0.15) is 20.8 Å². The molecule has 0 spiro atoms. The molecule has 28 heavy (non-hydrogen) atoms. The minimum atomic E-state index is -1.27. The summed E-state index contributed by atoms with van der Waals surface area (Å²) in [6.07, 6.45) is 13.0. The van der Waals surface area contributed by atoms with Gasteiger partial charge in [0.25, 0.3) is 0 Å². The molecule has 0 aliphatic heterocycles. The molecule has 0 bridgehead atoms. The van der Waals surface area contributed by atoms with Gasteiger partial charge in [0.05, 0.1) is 8.07 Å². The third kappa shape index (κ3) is 35.1. The molecule has 6 heteroatoms. The molecule has 0 saturated carbocycles. The van der Waals surface area contributed by atoms with Crippen LogP contribution >= 0.6 is 31.7 Å². The summed E-state index contributed by atoms with van der Waals surface area (Å²) in [6.45, 7) is 28.5. The zero-order valence-corrected chi connectivity index (χ0v) is 26.6. The SMILES string of the molecule is C=[C]=[Mn].CP(C)CCP(C)C.CP(C)CCP(C)C.[C-]#C[Si](CC)(CC)CC. The average Bonchev–Trinajstić information content (AvgIpc) is 2.62. The van der Waals surface area contributed by atoms with E-state index in [0.29, 0.717) is 31.7 Å². The molecule has 0 rings (SSSR count). The molecule has 0 fully saturated rings. The first-order chi connectivity index (χ1) is 12.9. The van der Waals surface area contributed by atoms with E-state index in [4.69, 9.17) is 6.42 Å². The van der Waals surface area contributed by atoms with Crippen LogP contribution < -0.4 is 0 Å². The summed E-state index contributed by atoms with van der Waals surface area (Å²) in [6, 6.07) is 3.55. The Hall–Kier alpha value is 1.67. The van der Waals surface area contributed by atoms with E-state index in [1.165, 1.54) is 42.8 Å². The maximum Gasteiger partial charge on any atom is 0.0891 e. The fraction of sp³-hybridized carbons (Fsp3) is 0.818. The van der Waals surface area contributed by atoms with Crippen molar-refractivity contribution in [3.8, 4) is 5.54 Å². The topological polar surface area (TPSA) is 0 Å². The first-order valence-corrected chi connectivity index (χ1v) is 23.0. The molecule has 0 aromatic carbocycles. The fourth-order valence-corrected chi connectivity index (χ4v) is 10.2. The summed E-state index contributed by atoms with van der Waals surface area (Å²) in [4.78, 5) is 0. The number of hydrogen-bond acceptors (Lipinski definition) is 0. The van der Waals surface area contributed by atoms with Gasteiger partial charge in [-0.05, 0) is 78.0 Å². The molecule has 0 nitrogen and oxygen atoms in total. The Kier molecular flexibility index (Phi) is 35.3. The Bertz CT molecular complexity index is 340. The van der Waals surface area contributed by atoms with E-state index >= 15 is 0 Å². The Morgan fingerprint density at radius 3 is 0.893 bits per heavy atom. The van der Waals surface area contributed by atoms with Gasteiger partial charge in [-0.15, -0.1) is 31.7 Å². The molecule has 0 amide bonds. The van der Waals surface area contributed by atoms with Crippen LogP contribution in [0.3, 0.4) is 0 Å². The maximum atomic E-state index is 7.12. The van der Waals surface area contributed by atoms with Crippen molar-refractivity contribution in [2.75, 3.05) is 78.0 Å². The molecule has 0 aromatic heterocycles. The van der Waals surface area contributed by atoms with Gasteiger partial charge in [-0.1, -0.05) is 38.9 Å². The molecule has 0 N–H and O–H groups in total. The van der Waals surface area contributed by atoms with E-state index in [1.807, 2.05) is 0 Å². The van der Waals surface area contributed by atoms with Crippen molar-refractivity contribution in [3.05, 3.63) is 13.0 Å². The van der Waals surface area contributed by atoms with Gasteiger partial charge in [0.2, 0.25) is 0 Å². The van der Waals surface area contributed by atoms with Crippen LogP contribution in [0.2, 0.25) is 18.1 Å². The Morgan fingerprint density at radius 1 is 0.679 bits per heavy atom. The normalized spacial score (nSPS) is 10.2. The Balaban J connectivity index is -0.000000144. The largest absolute Gasteiger partial charge is 0.701 e. The van der Waals surface area contributed by atoms with Crippen LogP contribution in [0.25, 0.3) is 0 Å². The van der Waals surface area contributed by atoms with E-state index in [2.05, 4.69) is 106 Å². The fourth-order valence-electron chi connectivity index (χ4n) is 1.82.